The van der Waals surface area contributed by atoms with Crippen molar-refractivity contribution in [3.05, 3.63) is 33.8 Å². The van der Waals surface area contributed by atoms with Gasteiger partial charge in [-0.2, -0.15) is 0 Å². The van der Waals surface area contributed by atoms with E-state index in [0.717, 1.165) is 6.92 Å². The molecule has 0 fully saturated rings. The quantitative estimate of drug-likeness (QED) is 0.830. The lowest BCUT2D eigenvalue weighted by molar-refractivity contribution is -0.163. The van der Waals surface area contributed by atoms with Crippen LogP contribution in [0.3, 0.4) is 0 Å². The molecule has 1 aromatic carbocycles. The fourth-order valence-electron chi connectivity index (χ4n) is 1.30. The summed E-state index contributed by atoms with van der Waals surface area (Å²) in [6.07, 6.45) is -0.158. The first kappa shape index (κ1) is 13.8. The maximum atomic E-state index is 11.0. The summed E-state index contributed by atoms with van der Waals surface area (Å²) in [5, 5.41) is 18.5. The van der Waals surface area contributed by atoms with Crippen LogP contribution in [-0.2, 0) is 16.0 Å². The SMILES string of the molecule is CC(Cc1ccc(Cl)c(Cl)c1)(C(=O)O)C(=O)O. The third kappa shape index (κ3) is 2.90. The summed E-state index contributed by atoms with van der Waals surface area (Å²) in [6.45, 7) is 1.15. The lowest BCUT2D eigenvalue weighted by atomic mass is 9.84. The molecule has 0 radical (unpaired) electrons. The number of halogens is 2. The molecule has 92 valence electrons. The predicted octanol–water partition coefficient (Wildman–Crippen LogP) is 2.71. The highest BCUT2D eigenvalue weighted by Crippen LogP contribution is 2.28. The van der Waals surface area contributed by atoms with Crippen molar-refractivity contribution in [1.82, 2.24) is 0 Å². The molecule has 1 rings (SSSR count). The maximum absolute atomic E-state index is 11.0. The minimum atomic E-state index is -1.88. The molecule has 0 aliphatic carbocycles. The van der Waals surface area contributed by atoms with Crippen LogP contribution in [0.4, 0.5) is 0 Å². The van der Waals surface area contributed by atoms with Gasteiger partial charge in [-0.1, -0.05) is 29.3 Å². The van der Waals surface area contributed by atoms with E-state index in [1.807, 2.05) is 0 Å². The van der Waals surface area contributed by atoms with Crippen LogP contribution in [0, 0.1) is 5.41 Å². The van der Waals surface area contributed by atoms with Crippen LogP contribution < -0.4 is 0 Å². The van der Waals surface area contributed by atoms with E-state index in [1.54, 1.807) is 6.07 Å². The van der Waals surface area contributed by atoms with Crippen molar-refractivity contribution in [2.24, 2.45) is 5.41 Å². The lowest BCUT2D eigenvalue weighted by Crippen LogP contribution is -2.38. The van der Waals surface area contributed by atoms with Crippen LogP contribution in [0.1, 0.15) is 12.5 Å². The van der Waals surface area contributed by atoms with Crippen LogP contribution >= 0.6 is 23.2 Å². The zero-order chi connectivity index (χ0) is 13.2. The fourth-order valence-corrected chi connectivity index (χ4v) is 1.62. The van der Waals surface area contributed by atoms with Crippen molar-refractivity contribution >= 4 is 35.1 Å². The second-order valence-electron chi connectivity index (χ2n) is 3.87. The highest BCUT2D eigenvalue weighted by Gasteiger charge is 2.41. The van der Waals surface area contributed by atoms with Crippen molar-refractivity contribution in [3.63, 3.8) is 0 Å². The lowest BCUT2D eigenvalue weighted by Gasteiger charge is -2.19. The molecule has 0 heterocycles. The van der Waals surface area contributed by atoms with E-state index in [4.69, 9.17) is 33.4 Å². The molecule has 0 saturated carbocycles. The molecule has 0 bridgehead atoms. The van der Waals surface area contributed by atoms with Gasteiger partial charge in [-0.25, -0.2) is 0 Å². The maximum Gasteiger partial charge on any atom is 0.321 e. The first-order valence-electron chi connectivity index (χ1n) is 4.68. The molecule has 0 aliphatic heterocycles. The molecule has 0 aliphatic rings. The van der Waals surface area contributed by atoms with E-state index >= 15 is 0 Å². The van der Waals surface area contributed by atoms with E-state index in [1.165, 1.54) is 12.1 Å². The van der Waals surface area contributed by atoms with Crippen molar-refractivity contribution in [3.8, 4) is 0 Å². The third-order valence-electron chi connectivity index (χ3n) is 2.49. The summed E-state index contributed by atoms with van der Waals surface area (Å²) in [5.74, 6) is -2.79. The summed E-state index contributed by atoms with van der Waals surface area (Å²) in [7, 11) is 0. The number of carboxylic acids is 2. The molecular formula is C11H10Cl2O4. The second-order valence-corrected chi connectivity index (χ2v) is 4.68. The van der Waals surface area contributed by atoms with E-state index < -0.39 is 17.4 Å². The molecule has 0 amide bonds. The molecule has 1 aromatic rings. The normalized spacial score (nSPS) is 11.2. The van der Waals surface area contributed by atoms with Gasteiger partial charge in [-0.3, -0.25) is 9.59 Å². The Hall–Kier alpha value is -1.26. The number of rotatable bonds is 4. The van der Waals surface area contributed by atoms with Crippen molar-refractivity contribution in [1.29, 1.82) is 0 Å². The summed E-state index contributed by atoms with van der Waals surface area (Å²) in [4.78, 5) is 22.0. The minimum absolute atomic E-state index is 0.158. The van der Waals surface area contributed by atoms with Crippen molar-refractivity contribution in [2.45, 2.75) is 13.3 Å². The highest BCUT2D eigenvalue weighted by atomic mass is 35.5. The zero-order valence-electron chi connectivity index (χ0n) is 8.91. The van der Waals surface area contributed by atoms with E-state index in [2.05, 4.69) is 0 Å². The van der Waals surface area contributed by atoms with Crippen molar-refractivity contribution < 1.29 is 19.8 Å². The number of carboxylic acid groups (broad SMARTS) is 2. The van der Waals surface area contributed by atoms with Gasteiger partial charge in [0.1, 0.15) is 0 Å². The Labute approximate surface area is 108 Å². The minimum Gasteiger partial charge on any atom is -0.480 e. The van der Waals surface area contributed by atoms with Crippen LogP contribution in [0.2, 0.25) is 10.0 Å². The number of aliphatic carboxylic acids is 2. The van der Waals surface area contributed by atoms with Gasteiger partial charge in [-0.05, 0) is 31.0 Å². The molecule has 0 atom stereocenters. The fraction of sp³-hybridized carbons (Fsp3) is 0.273. The van der Waals surface area contributed by atoms with Gasteiger partial charge in [-0.15, -0.1) is 0 Å². The van der Waals surface area contributed by atoms with Crippen molar-refractivity contribution in [2.75, 3.05) is 0 Å². The largest absolute Gasteiger partial charge is 0.480 e. The Balaban J connectivity index is 3.07. The molecule has 17 heavy (non-hydrogen) atoms. The smallest absolute Gasteiger partial charge is 0.321 e. The van der Waals surface area contributed by atoms with Gasteiger partial charge in [0.15, 0.2) is 5.41 Å². The second kappa shape index (κ2) is 4.94. The van der Waals surface area contributed by atoms with E-state index in [9.17, 15) is 9.59 Å². The number of hydrogen-bond acceptors (Lipinski definition) is 2. The average Bonchev–Trinajstić information content (AvgIpc) is 2.22. The topological polar surface area (TPSA) is 74.6 Å². The zero-order valence-corrected chi connectivity index (χ0v) is 10.4. The first-order chi connectivity index (χ1) is 7.77. The van der Waals surface area contributed by atoms with Gasteiger partial charge in [0, 0.05) is 0 Å². The molecule has 4 nitrogen and oxygen atoms in total. The monoisotopic (exact) mass is 276 g/mol. The number of hydrogen-bond donors (Lipinski definition) is 2. The average molecular weight is 277 g/mol. The predicted molar refractivity (Wildman–Crippen MR) is 63.5 cm³/mol. The molecule has 0 saturated heterocycles. The summed E-state index contributed by atoms with van der Waals surface area (Å²) in [6, 6.07) is 4.52. The van der Waals surface area contributed by atoms with Gasteiger partial charge in [0.2, 0.25) is 0 Å². The summed E-state index contributed by atoms with van der Waals surface area (Å²) in [5.41, 5.74) is -1.37. The molecular weight excluding hydrogens is 267 g/mol. The first-order valence-corrected chi connectivity index (χ1v) is 5.43. The molecule has 0 unspecified atom stereocenters. The standard InChI is InChI=1S/C11H10Cl2O4/c1-11(9(14)15,10(16)17)5-6-2-3-7(12)8(13)4-6/h2-4H,5H2,1H3,(H,14,15)(H,16,17). The Morgan fingerprint density at radius 2 is 1.71 bits per heavy atom. The number of carbonyl (C=O) groups is 2. The molecule has 0 spiro atoms. The van der Waals surface area contributed by atoms with Gasteiger partial charge in [0.05, 0.1) is 10.0 Å². The van der Waals surface area contributed by atoms with Gasteiger partial charge in [0.25, 0.3) is 0 Å². The third-order valence-corrected chi connectivity index (χ3v) is 3.22. The molecule has 0 aromatic heterocycles. The van der Waals surface area contributed by atoms with E-state index in [0.29, 0.717) is 10.6 Å². The Bertz CT molecular complexity index is 457. The summed E-state index contributed by atoms with van der Waals surface area (Å²) < 4.78 is 0. The van der Waals surface area contributed by atoms with Crippen LogP contribution in [0.15, 0.2) is 18.2 Å². The van der Waals surface area contributed by atoms with Crippen LogP contribution in [-0.4, -0.2) is 22.2 Å². The highest BCUT2D eigenvalue weighted by molar-refractivity contribution is 6.42. The van der Waals surface area contributed by atoms with Crippen LogP contribution in [0.5, 0.6) is 0 Å². The number of benzene rings is 1. The van der Waals surface area contributed by atoms with Gasteiger partial charge < -0.3 is 10.2 Å². The van der Waals surface area contributed by atoms with Crippen LogP contribution in [0.25, 0.3) is 0 Å². The van der Waals surface area contributed by atoms with Gasteiger partial charge >= 0.3 is 11.9 Å². The Kier molecular flexibility index (Phi) is 4.01. The Morgan fingerprint density at radius 3 is 2.12 bits per heavy atom. The Morgan fingerprint density at radius 1 is 1.18 bits per heavy atom. The molecule has 6 heteroatoms. The molecule has 2 N–H and O–H groups in total. The summed E-state index contributed by atoms with van der Waals surface area (Å²) >= 11 is 11.5. The van der Waals surface area contributed by atoms with E-state index in [-0.39, 0.29) is 11.4 Å².